The van der Waals surface area contributed by atoms with Crippen LogP contribution in [-0.2, 0) is 6.54 Å². The van der Waals surface area contributed by atoms with Crippen molar-refractivity contribution in [3.63, 3.8) is 0 Å². The van der Waals surface area contributed by atoms with E-state index in [0.29, 0.717) is 5.56 Å². The lowest BCUT2D eigenvalue weighted by Crippen LogP contribution is -2.81. The first-order valence-corrected chi connectivity index (χ1v) is 16.2. The van der Waals surface area contributed by atoms with Gasteiger partial charge in [0.1, 0.15) is 52.7 Å². The van der Waals surface area contributed by atoms with Crippen LogP contribution < -0.4 is 26.4 Å². The fraction of sp³-hybridized carbons (Fsp3) is 0.0278. The summed E-state index contributed by atoms with van der Waals surface area (Å²) in [6.45, 7) is 0.0490. The quantitative estimate of drug-likeness (QED) is 0.0241. The minimum atomic E-state index is -7.22. The van der Waals surface area contributed by atoms with E-state index in [4.69, 9.17) is 0 Å². The Hall–Kier alpha value is -7.09. The third-order valence-electron chi connectivity index (χ3n) is 9.06. The largest absolute Gasteiger partial charge is 0.428 e. The molecule has 0 aliphatic rings. The number of carbonyl (C=O) groups excluding carboxylic acids is 1. The molecule has 0 aliphatic carbocycles. The molecule has 330 valence electrons. The maximum absolute atomic E-state index is 15.4. The average molecular weight is 923 g/mol. The van der Waals surface area contributed by atoms with Crippen LogP contribution in [0, 0.1) is 126 Å². The van der Waals surface area contributed by atoms with Crippen LogP contribution in [0.2, 0.25) is 0 Å². The summed E-state index contributed by atoms with van der Waals surface area (Å²) in [6.07, 6.45) is -3.16. The Labute approximate surface area is 334 Å². The molecule has 63 heavy (non-hydrogen) atoms. The molecular weight excluding hydrogens is 913 g/mol. The van der Waals surface area contributed by atoms with Crippen molar-refractivity contribution in [3.8, 4) is 0 Å². The molecule has 0 N–H and O–H groups in total. The Bertz CT molecular complexity index is 2500. The minimum Gasteiger partial charge on any atom is -0.358 e. The first-order valence-electron chi connectivity index (χ1n) is 16.2. The van der Waals surface area contributed by atoms with Gasteiger partial charge in [0.25, 0.3) is 6.20 Å². The van der Waals surface area contributed by atoms with Gasteiger partial charge in [0, 0.05) is 5.56 Å². The lowest BCUT2D eigenvalue weighted by molar-refractivity contribution is -0.686. The summed E-state index contributed by atoms with van der Waals surface area (Å²) in [5, 5.41) is 10.6. The van der Waals surface area contributed by atoms with Crippen LogP contribution in [-0.4, -0.2) is 21.8 Å². The molecule has 0 aliphatic heterocycles. The Kier molecular flexibility index (Phi) is 12.9. The molecule has 0 unspecified atom stereocenters. The van der Waals surface area contributed by atoms with E-state index in [9.17, 15) is 67.6 Å². The van der Waals surface area contributed by atoms with Gasteiger partial charge in [-0.15, -0.1) is 21.9 Å². The Morgan fingerprint density at radius 2 is 0.746 bits per heavy atom. The van der Waals surface area contributed by atoms with E-state index in [0.717, 1.165) is 0 Å². The van der Waals surface area contributed by atoms with Crippen LogP contribution >= 0.6 is 0 Å². The van der Waals surface area contributed by atoms with Gasteiger partial charge in [-0.25, -0.2) is 87.8 Å². The normalized spacial score (nSPS) is 11.4. The topological polar surface area (TPSA) is 77.0 Å². The van der Waals surface area contributed by atoms with Crippen LogP contribution in [0.25, 0.3) is 0 Å². The standard InChI is InChI=1S/C24BF20.C12H10N3O3/c26-5-1(6(27)14(35)21(42)13(5)34)25(2-7(28)15(36)22(43)16(37)8(2)29,3-9(30)17(38)23(44)18(39)10(3)31)4-11(32)19(40)24(45)20(41)12(4)33;16-11(10-4-2-1-3-5-10)8-14-7-6-13-12(9-14)15(17)18/h;1-7,9H,8H2/q-1;+1. The SMILES string of the molecule is Fc1c(F)c(F)c([B-](c2c(F)c(F)c(F)c(F)c2F)(c2c(F)c(F)c(F)c(F)c2F)c2c(F)c(F)c(F)c(F)c2F)c(F)c1F.O=C(C[n+]1ccnc([N+](=O)[O-])c1)c1ccccc1. The second kappa shape index (κ2) is 17.4. The maximum Gasteiger partial charge on any atom is 0.428 e. The van der Waals surface area contributed by atoms with Gasteiger partial charge < -0.3 is 10.1 Å². The highest BCUT2D eigenvalue weighted by atomic mass is 19.2. The van der Waals surface area contributed by atoms with E-state index in [1.165, 1.54) is 23.2 Å². The van der Waals surface area contributed by atoms with Gasteiger partial charge in [0.05, 0.1) is 0 Å². The third-order valence-corrected chi connectivity index (χ3v) is 9.06. The summed E-state index contributed by atoms with van der Waals surface area (Å²) in [4.78, 5) is 25.4. The zero-order valence-corrected chi connectivity index (χ0v) is 29.5. The number of nitro groups is 1. The van der Waals surface area contributed by atoms with Gasteiger partial charge in [-0.05, 0) is 9.91 Å². The Morgan fingerprint density at radius 3 is 1.02 bits per heavy atom. The molecule has 0 radical (unpaired) electrons. The maximum atomic E-state index is 15.4. The van der Waals surface area contributed by atoms with E-state index in [-0.39, 0.29) is 18.1 Å². The van der Waals surface area contributed by atoms with Crippen molar-refractivity contribution >= 4 is 39.6 Å². The van der Waals surface area contributed by atoms with Crippen molar-refractivity contribution in [2.75, 3.05) is 0 Å². The number of Topliss-reactive ketones (excluding diaryl/α,β-unsaturated/α-hetero) is 1. The predicted molar refractivity (Wildman–Crippen MR) is 171 cm³/mol. The molecule has 0 saturated heterocycles. The molecule has 5 aromatic carbocycles. The second-order valence-corrected chi connectivity index (χ2v) is 12.4. The van der Waals surface area contributed by atoms with E-state index in [1.807, 2.05) is 6.07 Å². The molecular formula is C36H10BF20N3O3. The lowest BCUT2D eigenvalue weighted by atomic mass is 9.12. The monoisotopic (exact) mass is 923 g/mol. The van der Waals surface area contributed by atoms with E-state index >= 15 is 35.1 Å². The molecule has 27 heteroatoms. The van der Waals surface area contributed by atoms with E-state index in [2.05, 4.69) is 4.98 Å². The van der Waals surface area contributed by atoms with Gasteiger partial charge in [-0.1, -0.05) is 30.3 Å². The summed E-state index contributed by atoms with van der Waals surface area (Å²) >= 11 is 0. The number of aromatic nitrogens is 2. The summed E-state index contributed by atoms with van der Waals surface area (Å²) in [7, 11) is 0. The number of nitrogens with zero attached hydrogens (tertiary/aromatic N) is 3. The highest BCUT2D eigenvalue weighted by molar-refractivity contribution is 7.20. The van der Waals surface area contributed by atoms with E-state index in [1.54, 1.807) is 24.3 Å². The smallest absolute Gasteiger partial charge is 0.358 e. The molecule has 1 aromatic heterocycles. The van der Waals surface area contributed by atoms with Crippen LogP contribution in [0.3, 0.4) is 0 Å². The number of halogens is 20. The number of rotatable bonds is 8. The third kappa shape index (κ3) is 7.53. The van der Waals surface area contributed by atoms with Gasteiger partial charge >= 0.3 is 5.82 Å². The zero-order chi connectivity index (χ0) is 47.3. The molecule has 0 spiro atoms. The van der Waals surface area contributed by atoms with Crippen molar-refractivity contribution in [3.05, 3.63) is 181 Å². The fourth-order valence-electron chi connectivity index (χ4n) is 6.37. The van der Waals surface area contributed by atoms with Gasteiger partial charge in [0.15, 0.2) is 69.8 Å². The molecule has 6 aromatic rings. The van der Waals surface area contributed by atoms with Crippen molar-refractivity contribution in [2.24, 2.45) is 0 Å². The van der Waals surface area contributed by atoms with Crippen LogP contribution in [0.1, 0.15) is 10.4 Å². The summed E-state index contributed by atoms with van der Waals surface area (Å²) < 4.78 is 295. The van der Waals surface area contributed by atoms with Gasteiger partial charge in [0.2, 0.25) is 24.7 Å². The number of carbonyl (C=O) groups is 1. The Balaban J connectivity index is 0.000000345. The number of hydrogen-bond acceptors (Lipinski definition) is 4. The van der Waals surface area contributed by atoms with Gasteiger partial charge in [-0.2, -0.15) is 4.57 Å². The molecule has 0 atom stereocenters. The first-order chi connectivity index (χ1) is 29.4. The van der Waals surface area contributed by atoms with Gasteiger partial charge in [-0.3, -0.25) is 4.79 Å². The molecule has 0 fully saturated rings. The molecule has 6 nitrogen and oxygen atoms in total. The average Bonchev–Trinajstić information content (AvgIpc) is 3.26. The van der Waals surface area contributed by atoms with Crippen LogP contribution in [0.15, 0.2) is 48.9 Å². The highest BCUT2D eigenvalue weighted by Gasteiger charge is 2.52. The van der Waals surface area contributed by atoms with E-state index < -0.39 is 149 Å². The highest BCUT2D eigenvalue weighted by Crippen LogP contribution is 2.30. The summed E-state index contributed by atoms with van der Waals surface area (Å²) in [6, 6.07) is 8.78. The second-order valence-electron chi connectivity index (χ2n) is 12.4. The van der Waals surface area contributed by atoms with Crippen molar-refractivity contribution in [1.29, 1.82) is 0 Å². The van der Waals surface area contributed by atoms with Crippen molar-refractivity contribution < 1.29 is 102 Å². The number of benzene rings is 5. The molecule has 1 heterocycles. The minimum absolute atomic E-state index is 0.0490. The summed E-state index contributed by atoms with van der Waals surface area (Å²) in [5.74, 6) is -71.8. The first kappa shape index (κ1) is 47.0. The number of hydrogen-bond donors (Lipinski definition) is 0. The number of ketones is 1. The van der Waals surface area contributed by atoms with Crippen LogP contribution in [0.5, 0.6) is 0 Å². The molecule has 6 rings (SSSR count). The van der Waals surface area contributed by atoms with Crippen molar-refractivity contribution in [2.45, 2.75) is 6.54 Å². The molecule has 0 amide bonds. The van der Waals surface area contributed by atoms with Crippen LogP contribution in [0.4, 0.5) is 93.6 Å². The fourth-order valence-corrected chi connectivity index (χ4v) is 6.37. The predicted octanol–water partition coefficient (Wildman–Crippen LogP) is 7.01. The zero-order valence-electron chi connectivity index (χ0n) is 29.5. The molecule has 0 bridgehead atoms. The van der Waals surface area contributed by atoms with Crippen molar-refractivity contribution in [1.82, 2.24) is 4.98 Å². The Morgan fingerprint density at radius 1 is 0.476 bits per heavy atom. The lowest BCUT2D eigenvalue weighted by Gasteiger charge is -2.44. The molecule has 0 saturated carbocycles. The summed E-state index contributed by atoms with van der Waals surface area (Å²) in [5.41, 5.74) is -13.8.